The Kier molecular flexibility index (Phi) is 5.20. The van der Waals surface area contributed by atoms with Gasteiger partial charge in [0.2, 0.25) is 0 Å². The van der Waals surface area contributed by atoms with Gasteiger partial charge in [-0.15, -0.1) is 0 Å². The Morgan fingerprint density at radius 1 is 1.29 bits per heavy atom. The lowest BCUT2D eigenvalue weighted by Crippen LogP contribution is -2.02. The van der Waals surface area contributed by atoms with Crippen LogP contribution in [0.1, 0.15) is 16.7 Å². The minimum Gasteiger partial charge on any atom is -0.493 e. The van der Waals surface area contributed by atoms with Gasteiger partial charge < -0.3 is 15.2 Å². The molecule has 4 nitrogen and oxygen atoms in total. The van der Waals surface area contributed by atoms with E-state index in [0.717, 1.165) is 15.6 Å². The molecular weight excluding hydrogens is 332 g/mol. The average Bonchev–Trinajstić information content (AvgIpc) is 2.53. The second kappa shape index (κ2) is 7.11. The van der Waals surface area contributed by atoms with Crippen molar-refractivity contribution in [3.05, 3.63) is 57.6 Å². The molecule has 0 spiro atoms. The topological polar surface area (TPSA) is 68.3 Å². The van der Waals surface area contributed by atoms with E-state index in [1.165, 1.54) is 0 Å². The van der Waals surface area contributed by atoms with E-state index in [2.05, 4.69) is 22.0 Å². The molecule has 0 aliphatic carbocycles. The van der Waals surface area contributed by atoms with Gasteiger partial charge in [-0.3, -0.25) is 0 Å². The number of methoxy groups -OCH3 is 1. The maximum atomic E-state index is 9.09. The van der Waals surface area contributed by atoms with Crippen LogP contribution in [0.4, 0.5) is 0 Å². The first kappa shape index (κ1) is 15.4. The van der Waals surface area contributed by atoms with Gasteiger partial charge in [-0.25, -0.2) is 0 Å². The van der Waals surface area contributed by atoms with E-state index < -0.39 is 0 Å². The van der Waals surface area contributed by atoms with Gasteiger partial charge >= 0.3 is 0 Å². The van der Waals surface area contributed by atoms with Crippen molar-refractivity contribution in [2.24, 2.45) is 5.73 Å². The van der Waals surface area contributed by atoms with E-state index in [0.29, 0.717) is 30.2 Å². The first-order valence-electron chi connectivity index (χ1n) is 6.37. The van der Waals surface area contributed by atoms with E-state index >= 15 is 0 Å². The van der Waals surface area contributed by atoms with Crippen LogP contribution in [0.2, 0.25) is 0 Å². The Morgan fingerprint density at radius 3 is 2.71 bits per heavy atom. The lowest BCUT2D eigenvalue weighted by molar-refractivity contribution is 0.282. The molecule has 0 heterocycles. The zero-order valence-electron chi connectivity index (χ0n) is 11.6. The van der Waals surface area contributed by atoms with Crippen molar-refractivity contribution in [3.63, 3.8) is 0 Å². The Morgan fingerprint density at radius 2 is 2.05 bits per heavy atom. The summed E-state index contributed by atoms with van der Waals surface area (Å²) in [5.74, 6) is 1.21. The molecule has 21 heavy (non-hydrogen) atoms. The lowest BCUT2D eigenvalue weighted by atomic mass is 10.1. The molecule has 0 saturated heterocycles. The summed E-state index contributed by atoms with van der Waals surface area (Å²) < 4.78 is 11.9. The second-order valence-corrected chi connectivity index (χ2v) is 5.23. The molecule has 0 bridgehead atoms. The molecule has 108 valence electrons. The summed E-state index contributed by atoms with van der Waals surface area (Å²) in [6.07, 6.45) is 0. The summed E-state index contributed by atoms with van der Waals surface area (Å²) in [7, 11) is 1.58. The molecule has 0 atom stereocenters. The highest BCUT2D eigenvalue weighted by atomic mass is 79.9. The fraction of sp³-hybridized carbons (Fsp3) is 0.188. The molecule has 2 aromatic carbocycles. The van der Waals surface area contributed by atoms with Gasteiger partial charge in [0.05, 0.1) is 23.2 Å². The van der Waals surface area contributed by atoms with Crippen LogP contribution in [-0.4, -0.2) is 7.11 Å². The minimum atomic E-state index is 0.292. The fourth-order valence-corrected chi connectivity index (χ4v) is 2.54. The van der Waals surface area contributed by atoms with E-state index in [1.807, 2.05) is 30.3 Å². The van der Waals surface area contributed by atoms with Gasteiger partial charge in [0, 0.05) is 12.1 Å². The summed E-state index contributed by atoms with van der Waals surface area (Å²) in [6.45, 7) is 0.715. The molecule has 2 rings (SSSR count). The van der Waals surface area contributed by atoms with Crippen molar-refractivity contribution in [2.75, 3.05) is 7.11 Å². The number of ether oxygens (including phenoxy) is 2. The van der Waals surface area contributed by atoms with E-state index in [4.69, 9.17) is 20.5 Å². The third kappa shape index (κ3) is 3.54. The Balaban J connectivity index is 2.26. The normalized spacial score (nSPS) is 10.0. The number of nitrogens with zero attached hydrogens (tertiary/aromatic N) is 1. The Bertz CT molecular complexity index is 680. The van der Waals surface area contributed by atoms with Gasteiger partial charge in [-0.2, -0.15) is 5.26 Å². The Labute approximate surface area is 132 Å². The highest BCUT2D eigenvalue weighted by Crippen LogP contribution is 2.37. The average molecular weight is 347 g/mol. The van der Waals surface area contributed by atoms with Crippen LogP contribution in [0.3, 0.4) is 0 Å². The summed E-state index contributed by atoms with van der Waals surface area (Å²) in [6, 6.07) is 13.2. The fourth-order valence-electron chi connectivity index (χ4n) is 1.94. The van der Waals surface area contributed by atoms with Crippen molar-refractivity contribution in [2.45, 2.75) is 13.2 Å². The number of nitrogens with two attached hydrogens (primary N) is 1. The molecule has 0 aromatic heterocycles. The molecule has 0 aliphatic heterocycles. The second-order valence-electron chi connectivity index (χ2n) is 4.37. The van der Waals surface area contributed by atoms with Gasteiger partial charge in [-0.1, -0.05) is 18.2 Å². The summed E-state index contributed by atoms with van der Waals surface area (Å²) in [5, 5.41) is 9.09. The zero-order chi connectivity index (χ0) is 15.2. The number of hydrogen-bond acceptors (Lipinski definition) is 4. The largest absolute Gasteiger partial charge is 0.493 e. The van der Waals surface area contributed by atoms with Gasteiger partial charge in [0.25, 0.3) is 0 Å². The van der Waals surface area contributed by atoms with Crippen LogP contribution in [0, 0.1) is 11.3 Å². The molecule has 0 fully saturated rings. The molecule has 0 aliphatic rings. The quantitative estimate of drug-likeness (QED) is 0.901. The summed E-state index contributed by atoms with van der Waals surface area (Å²) in [4.78, 5) is 0. The first-order valence-corrected chi connectivity index (χ1v) is 7.16. The van der Waals surface area contributed by atoms with Crippen molar-refractivity contribution < 1.29 is 9.47 Å². The van der Waals surface area contributed by atoms with Crippen molar-refractivity contribution in [1.29, 1.82) is 5.26 Å². The molecule has 0 amide bonds. The van der Waals surface area contributed by atoms with Gasteiger partial charge in [0.1, 0.15) is 6.61 Å². The third-order valence-corrected chi connectivity index (χ3v) is 3.62. The SMILES string of the molecule is COc1cc(CN)cc(Br)c1OCc1ccccc1C#N. The zero-order valence-corrected chi connectivity index (χ0v) is 13.2. The molecule has 0 unspecified atom stereocenters. The van der Waals surface area contributed by atoms with Crippen LogP contribution < -0.4 is 15.2 Å². The third-order valence-electron chi connectivity index (χ3n) is 3.03. The van der Waals surface area contributed by atoms with Gasteiger partial charge in [0.15, 0.2) is 11.5 Å². The molecular formula is C16H15BrN2O2. The maximum absolute atomic E-state index is 9.09. The van der Waals surface area contributed by atoms with Crippen molar-refractivity contribution in [3.8, 4) is 17.6 Å². The number of halogens is 1. The highest BCUT2D eigenvalue weighted by Gasteiger charge is 2.12. The number of benzene rings is 2. The van der Waals surface area contributed by atoms with E-state index in [1.54, 1.807) is 13.2 Å². The Hall–Kier alpha value is -2.03. The lowest BCUT2D eigenvalue weighted by Gasteiger charge is -2.14. The molecule has 5 heteroatoms. The number of rotatable bonds is 5. The minimum absolute atomic E-state index is 0.292. The van der Waals surface area contributed by atoms with Crippen LogP contribution >= 0.6 is 15.9 Å². The highest BCUT2D eigenvalue weighted by molar-refractivity contribution is 9.10. The van der Waals surface area contributed by atoms with E-state index in [-0.39, 0.29) is 0 Å². The molecule has 0 saturated carbocycles. The first-order chi connectivity index (χ1) is 10.2. The van der Waals surface area contributed by atoms with Crippen molar-refractivity contribution >= 4 is 15.9 Å². The molecule has 2 aromatic rings. The summed E-state index contributed by atoms with van der Waals surface area (Å²) in [5.41, 5.74) is 8.02. The predicted molar refractivity (Wildman–Crippen MR) is 84.1 cm³/mol. The number of nitriles is 1. The van der Waals surface area contributed by atoms with Crippen LogP contribution in [-0.2, 0) is 13.2 Å². The van der Waals surface area contributed by atoms with E-state index in [9.17, 15) is 0 Å². The van der Waals surface area contributed by atoms with Crippen molar-refractivity contribution in [1.82, 2.24) is 0 Å². The van der Waals surface area contributed by atoms with Crippen LogP contribution in [0.15, 0.2) is 40.9 Å². The van der Waals surface area contributed by atoms with Gasteiger partial charge in [-0.05, 0) is 39.7 Å². The standard InChI is InChI=1S/C16H15BrN2O2/c1-20-15-7-11(8-18)6-14(17)16(15)21-10-13-5-3-2-4-12(13)9-19/h2-7H,8,10,18H2,1H3. The molecule has 2 N–H and O–H groups in total. The monoisotopic (exact) mass is 346 g/mol. The smallest absolute Gasteiger partial charge is 0.175 e. The summed E-state index contributed by atoms with van der Waals surface area (Å²) >= 11 is 3.46. The number of hydrogen-bond donors (Lipinski definition) is 1. The predicted octanol–water partition coefficient (Wildman–Crippen LogP) is 3.37. The molecule has 0 radical (unpaired) electrons. The maximum Gasteiger partial charge on any atom is 0.175 e. The van der Waals surface area contributed by atoms with Crippen LogP contribution in [0.5, 0.6) is 11.5 Å². The van der Waals surface area contributed by atoms with Crippen LogP contribution in [0.25, 0.3) is 0 Å².